The van der Waals surface area contributed by atoms with Gasteiger partial charge in [-0.25, -0.2) is 0 Å². The molecule has 0 aromatic rings. The van der Waals surface area contributed by atoms with Gasteiger partial charge in [-0.2, -0.15) is 10.5 Å². The molecule has 2 atom stereocenters. The summed E-state index contributed by atoms with van der Waals surface area (Å²) in [7, 11) is 0. The van der Waals surface area contributed by atoms with Crippen LogP contribution in [0.1, 0.15) is 25.7 Å². The Morgan fingerprint density at radius 2 is 1.35 bits per heavy atom. The average molecular weight is 238 g/mol. The molecule has 0 radical (unpaired) electrons. The van der Waals surface area contributed by atoms with Crippen molar-refractivity contribution in [3.63, 3.8) is 0 Å². The summed E-state index contributed by atoms with van der Waals surface area (Å²) < 4.78 is 0. The second-order valence-corrected chi connectivity index (χ2v) is 4.07. The van der Waals surface area contributed by atoms with Gasteiger partial charge in [-0.05, 0) is 12.8 Å². The van der Waals surface area contributed by atoms with Gasteiger partial charge in [-0.15, -0.1) is 0 Å². The minimum absolute atomic E-state index is 0.172. The summed E-state index contributed by atoms with van der Waals surface area (Å²) >= 11 is 0. The molecule has 0 amide bonds. The van der Waals surface area contributed by atoms with Gasteiger partial charge in [-0.1, -0.05) is 12.8 Å². The number of nitrogens with zero attached hydrogens (tertiary/aromatic N) is 4. The van der Waals surface area contributed by atoms with Gasteiger partial charge in [0, 0.05) is 9.85 Å². The van der Waals surface area contributed by atoms with E-state index in [2.05, 4.69) is 0 Å². The Balaban J connectivity index is 3.23. The fourth-order valence-corrected chi connectivity index (χ4v) is 2.50. The highest BCUT2D eigenvalue weighted by molar-refractivity contribution is 5.10. The standard InChI is InChI=1S/C9H10N4O4/c10-5-7(12(14)15)9(3-1-2-4-9)8(6-11)13(16)17/h7-8H,1-4H2/t7-,8-/m0/s1. The third-order valence-electron chi connectivity index (χ3n) is 3.29. The number of hydrogen-bond donors (Lipinski definition) is 0. The van der Waals surface area contributed by atoms with E-state index in [9.17, 15) is 20.2 Å². The van der Waals surface area contributed by atoms with E-state index >= 15 is 0 Å². The number of nitro groups is 2. The van der Waals surface area contributed by atoms with Crippen LogP contribution in [0, 0.1) is 48.3 Å². The maximum absolute atomic E-state index is 10.8. The van der Waals surface area contributed by atoms with Crippen molar-refractivity contribution in [3.05, 3.63) is 20.2 Å². The topological polar surface area (TPSA) is 134 Å². The predicted octanol–water partition coefficient (Wildman–Crippen LogP) is 0.885. The molecular formula is C9H10N4O4. The van der Waals surface area contributed by atoms with Gasteiger partial charge in [0.05, 0.1) is 0 Å². The highest BCUT2D eigenvalue weighted by Gasteiger charge is 2.60. The fraction of sp³-hybridized carbons (Fsp3) is 0.778. The van der Waals surface area contributed by atoms with Crippen molar-refractivity contribution in [2.75, 3.05) is 0 Å². The first-order chi connectivity index (χ1) is 7.99. The Morgan fingerprint density at radius 1 is 1.00 bits per heavy atom. The summed E-state index contributed by atoms with van der Waals surface area (Å²) in [6.07, 6.45) is 1.48. The van der Waals surface area contributed by atoms with Crippen molar-refractivity contribution in [2.45, 2.75) is 37.8 Å². The highest BCUT2D eigenvalue weighted by Crippen LogP contribution is 2.45. The van der Waals surface area contributed by atoms with Gasteiger partial charge in [0.1, 0.15) is 17.6 Å². The first-order valence-corrected chi connectivity index (χ1v) is 5.06. The molecule has 0 aromatic carbocycles. The molecule has 90 valence electrons. The van der Waals surface area contributed by atoms with Crippen molar-refractivity contribution in [1.29, 1.82) is 10.5 Å². The van der Waals surface area contributed by atoms with Gasteiger partial charge in [0.15, 0.2) is 0 Å². The molecule has 1 saturated carbocycles. The Kier molecular flexibility index (Phi) is 3.59. The lowest BCUT2D eigenvalue weighted by atomic mass is 9.73. The van der Waals surface area contributed by atoms with Crippen LogP contribution in [0.2, 0.25) is 0 Å². The van der Waals surface area contributed by atoms with E-state index in [1.165, 1.54) is 12.1 Å². The van der Waals surface area contributed by atoms with Crippen LogP contribution in [0.4, 0.5) is 0 Å². The SMILES string of the molecule is N#C[C@H]([N+](=O)[O-])C1([C@H](C#N)[N+](=O)[O-])CCCC1. The first-order valence-electron chi connectivity index (χ1n) is 5.06. The van der Waals surface area contributed by atoms with E-state index < -0.39 is 27.3 Å². The number of hydrogen-bond acceptors (Lipinski definition) is 6. The number of nitriles is 2. The van der Waals surface area contributed by atoms with Crippen molar-refractivity contribution >= 4 is 0 Å². The van der Waals surface area contributed by atoms with Crippen LogP contribution in [0.5, 0.6) is 0 Å². The van der Waals surface area contributed by atoms with Gasteiger partial charge in [-0.3, -0.25) is 20.2 Å². The van der Waals surface area contributed by atoms with Gasteiger partial charge in [0.2, 0.25) is 0 Å². The van der Waals surface area contributed by atoms with E-state index in [4.69, 9.17) is 10.5 Å². The summed E-state index contributed by atoms with van der Waals surface area (Å²) in [6.45, 7) is 0. The molecule has 8 heteroatoms. The molecule has 0 N–H and O–H groups in total. The van der Waals surface area contributed by atoms with Gasteiger partial charge < -0.3 is 0 Å². The zero-order valence-electron chi connectivity index (χ0n) is 8.90. The molecule has 8 nitrogen and oxygen atoms in total. The zero-order chi connectivity index (χ0) is 13.1. The van der Waals surface area contributed by atoms with Crippen LogP contribution in [0.3, 0.4) is 0 Å². The minimum Gasteiger partial charge on any atom is -0.263 e. The third-order valence-corrected chi connectivity index (χ3v) is 3.29. The Morgan fingerprint density at radius 3 is 1.59 bits per heavy atom. The van der Waals surface area contributed by atoms with Crippen molar-refractivity contribution in [3.8, 4) is 12.1 Å². The molecule has 0 spiro atoms. The summed E-state index contributed by atoms with van der Waals surface area (Å²) in [4.78, 5) is 20.0. The molecule has 1 aliphatic rings. The second-order valence-electron chi connectivity index (χ2n) is 4.07. The summed E-state index contributed by atoms with van der Waals surface area (Å²) in [5, 5.41) is 39.3. The van der Waals surface area contributed by atoms with E-state index in [0.29, 0.717) is 12.8 Å². The average Bonchev–Trinajstić information content (AvgIpc) is 2.68. The molecule has 0 saturated heterocycles. The maximum Gasteiger partial charge on any atom is 0.309 e. The van der Waals surface area contributed by atoms with E-state index in [0.717, 1.165) is 0 Å². The molecule has 0 aliphatic heterocycles. The predicted molar refractivity (Wildman–Crippen MR) is 53.7 cm³/mol. The molecule has 0 bridgehead atoms. The Labute approximate surface area is 96.7 Å². The molecule has 1 aliphatic carbocycles. The molecule has 1 fully saturated rings. The zero-order valence-corrected chi connectivity index (χ0v) is 8.90. The van der Waals surface area contributed by atoms with E-state index in [1.54, 1.807) is 0 Å². The van der Waals surface area contributed by atoms with Gasteiger partial charge in [0.25, 0.3) is 0 Å². The molecule has 0 heterocycles. The van der Waals surface area contributed by atoms with E-state index in [1.807, 2.05) is 0 Å². The molecule has 1 rings (SSSR count). The lowest BCUT2D eigenvalue weighted by Crippen LogP contribution is -2.49. The fourth-order valence-electron chi connectivity index (χ4n) is 2.50. The maximum atomic E-state index is 10.8. The largest absolute Gasteiger partial charge is 0.309 e. The van der Waals surface area contributed by atoms with Crippen molar-refractivity contribution < 1.29 is 9.85 Å². The molecule has 17 heavy (non-hydrogen) atoms. The van der Waals surface area contributed by atoms with Gasteiger partial charge >= 0.3 is 12.1 Å². The quantitative estimate of drug-likeness (QED) is 0.527. The van der Waals surface area contributed by atoms with Crippen molar-refractivity contribution in [2.24, 2.45) is 5.41 Å². The molecule has 0 unspecified atom stereocenters. The first kappa shape index (κ1) is 12.8. The normalized spacial score (nSPS) is 20.8. The second kappa shape index (κ2) is 4.74. The van der Waals surface area contributed by atoms with Crippen molar-refractivity contribution in [1.82, 2.24) is 0 Å². The number of rotatable bonds is 4. The Bertz CT molecular complexity index is 382. The third kappa shape index (κ3) is 2.02. The van der Waals surface area contributed by atoms with Crippen LogP contribution < -0.4 is 0 Å². The highest BCUT2D eigenvalue weighted by atomic mass is 16.6. The minimum atomic E-state index is -1.69. The Hall–Kier alpha value is -2.22. The van der Waals surface area contributed by atoms with Crippen LogP contribution in [-0.2, 0) is 0 Å². The van der Waals surface area contributed by atoms with Crippen LogP contribution in [0.15, 0.2) is 0 Å². The lowest BCUT2D eigenvalue weighted by Gasteiger charge is -2.26. The summed E-state index contributed by atoms with van der Waals surface area (Å²) in [5.74, 6) is 0. The smallest absolute Gasteiger partial charge is 0.263 e. The van der Waals surface area contributed by atoms with Crippen LogP contribution in [0.25, 0.3) is 0 Å². The summed E-state index contributed by atoms with van der Waals surface area (Å²) in [5.41, 5.74) is -1.45. The van der Waals surface area contributed by atoms with Crippen LogP contribution in [-0.4, -0.2) is 21.9 Å². The van der Waals surface area contributed by atoms with E-state index in [-0.39, 0.29) is 12.8 Å². The molecular weight excluding hydrogens is 228 g/mol. The van der Waals surface area contributed by atoms with Crippen LogP contribution >= 0.6 is 0 Å². The molecule has 0 aromatic heterocycles. The summed E-state index contributed by atoms with van der Waals surface area (Å²) in [6, 6.07) is -0.390. The lowest BCUT2D eigenvalue weighted by molar-refractivity contribution is -0.573. The monoisotopic (exact) mass is 238 g/mol.